The second kappa shape index (κ2) is 4.01. The Hall–Kier alpha value is -2.01. The normalized spacial score (nSPS) is 12.0. The lowest BCUT2D eigenvalue weighted by atomic mass is 10.1. The van der Waals surface area contributed by atoms with Crippen molar-refractivity contribution in [3.8, 4) is 0 Å². The molecule has 100 valence electrons. The number of aromatic nitrogens is 1. The minimum absolute atomic E-state index is 0.946. The van der Waals surface area contributed by atoms with Crippen LogP contribution in [0, 0.1) is 0 Å². The third kappa shape index (κ3) is 1.42. The lowest BCUT2D eigenvalue weighted by Crippen LogP contribution is -1.78. The second-order valence-electron chi connectivity index (χ2n) is 5.23. The summed E-state index contributed by atoms with van der Waals surface area (Å²) >= 11 is 2.36. The van der Waals surface area contributed by atoms with Crippen LogP contribution < -0.4 is 0 Å². The van der Waals surface area contributed by atoms with Crippen LogP contribution in [0.5, 0.6) is 0 Å². The maximum absolute atomic E-state index is 6.15. The van der Waals surface area contributed by atoms with E-state index in [0.717, 1.165) is 16.7 Å². The fraction of sp³-hybridized carbons (Fsp3) is 0. The van der Waals surface area contributed by atoms with Gasteiger partial charge in [-0.25, -0.2) is 0 Å². The van der Waals surface area contributed by atoms with Crippen LogP contribution in [0.3, 0.4) is 0 Å². The summed E-state index contributed by atoms with van der Waals surface area (Å²) in [6.07, 6.45) is 0. The average Bonchev–Trinajstić information content (AvgIpc) is 3.04. The van der Waals surface area contributed by atoms with Crippen LogP contribution in [-0.2, 0) is 0 Å². The van der Waals surface area contributed by atoms with Crippen LogP contribution in [0.25, 0.3) is 43.7 Å². The molecule has 0 atom stereocenters. The number of benzene rings is 3. The Balaban J connectivity index is 2.14. The van der Waals surface area contributed by atoms with Crippen molar-refractivity contribution >= 4 is 66.6 Å². The average molecular weight is 383 g/mol. The van der Waals surface area contributed by atoms with Crippen LogP contribution >= 0.6 is 22.9 Å². The van der Waals surface area contributed by atoms with Gasteiger partial charge in [-0.1, -0.05) is 42.5 Å². The Labute approximate surface area is 134 Å². The first kappa shape index (κ1) is 11.6. The summed E-state index contributed by atoms with van der Waals surface area (Å²) in [5.74, 6) is 0. The highest BCUT2D eigenvalue weighted by atomic mass is 127. The maximum atomic E-state index is 6.15. The molecule has 3 heteroatoms. The minimum atomic E-state index is 0.946. The quantitative estimate of drug-likeness (QED) is 0.305. The highest BCUT2D eigenvalue weighted by molar-refractivity contribution is 14.1. The second-order valence-corrected chi connectivity index (χ2v) is 6.20. The van der Waals surface area contributed by atoms with E-state index in [9.17, 15) is 0 Å². The van der Waals surface area contributed by atoms with E-state index >= 15 is 0 Å². The molecule has 5 rings (SSSR count). The summed E-state index contributed by atoms with van der Waals surface area (Å²) in [6.45, 7) is 0. The van der Waals surface area contributed by atoms with Gasteiger partial charge in [-0.15, -0.1) is 0 Å². The summed E-state index contributed by atoms with van der Waals surface area (Å²) < 4.78 is 8.35. The molecular formula is C18H10INO. The van der Waals surface area contributed by atoms with Crippen molar-refractivity contribution in [3.63, 3.8) is 0 Å². The van der Waals surface area contributed by atoms with Gasteiger partial charge < -0.3 is 4.42 Å². The molecule has 3 aromatic carbocycles. The van der Waals surface area contributed by atoms with Crippen LogP contribution in [0.4, 0.5) is 0 Å². The van der Waals surface area contributed by atoms with E-state index in [1.165, 1.54) is 27.1 Å². The molecule has 0 N–H and O–H groups in total. The van der Waals surface area contributed by atoms with Crippen LogP contribution in [0.1, 0.15) is 0 Å². The van der Waals surface area contributed by atoms with E-state index in [1.807, 2.05) is 12.1 Å². The summed E-state index contributed by atoms with van der Waals surface area (Å²) in [6, 6.07) is 21.1. The zero-order valence-electron chi connectivity index (χ0n) is 11.0. The van der Waals surface area contributed by atoms with Crippen molar-refractivity contribution in [1.82, 2.24) is 2.78 Å². The van der Waals surface area contributed by atoms with E-state index in [-0.39, 0.29) is 0 Å². The molecule has 2 heterocycles. The number of para-hydroxylation sites is 2. The Morgan fingerprint density at radius 3 is 2.33 bits per heavy atom. The van der Waals surface area contributed by atoms with Crippen LogP contribution in [0.15, 0.2) is 65.1 Å². The predicted molar refractivity (Wildman–Crippen MR) is 96.1 cm³/mol. The van der Waals surface area contributed by atoms with Gasteiger partial charge in [-0.05, 0) is 18.2 Å². The smallest absolute Gasteiger partial charge is 0.160 e. The first-order valence-corrected chi connectivity index (χ1v) is 7.80. The topological polar surface area (TPSA) is 18.1 Å². The standard InChI is InChI=1S/C18H10INO/c19-20-15-7-3-1-5-11(15)13-9-10-14-12-6-2-4-8-16(12)21-18(14)17(13)20/h1-10H. The van der Waals surface area contributed by atoms with Crippen molar-refractivity contribution in [1.29, 1.82) is 0 Å². The first-order chi connectivity index (χ1) is 10.3. The van der Waals surface area contributed by atoms with E-state index in [1.54, 1.807) is 0 Å². The predicted octanol–water partition coefficient (Wildman–Crippen LogP) is 5.89. The monoisotopic (exact) mass is 383 g/mol. The molecule has 0 saturated carbocycles. The number of fused-ring (bicyclic) bond motifs is 7. The summed E-state index contributed by atoms with van der Waals surface area (Å²) in [4.78, 5) is 0. The number of hydrogen-bond donors (Lipinski definition) is 0. The van der Waals surface area contributed by atoms with E-state index in [4.69, 9.17) is 4.42 Å². The Morgan fingerprint density at radius 2 is 1.43 bits per heavy atom. The number of rotatable bonds is 0. The molecule has 5 aromatic rings. The van der Waals surface area contributed by atoms with Crippen molar-refractivity contribution in [2.24, 2.45) is 0 Å². The highest BCUT2D eigenvalue weighted by Gasteiger charge is 2.16. The molecule has 0 saturated heterocycles. The molecule has 0 amide bonds. The van der Waals surface area contributed by atoms with E-state index in [0.29, 0.717) is 0 Å². The van der Waals surface area contributed by atoms with Crippen molar-refractivity contribution in [2.45, 2.75) is 0 Å². The third-order valence-electron chi connectivity index (χ3n) is 4.12. The molecule has 0 fully saturated rings. The van der Waals surface area contributed by atoms with Crippen molar-refractivity contribution in [2.75, 3.05) is 0 Å². The lowest BCUT2D eigenvalue weighted by molar-refractivity contribution is 0.672. The van der Waals surface area contributed by atoms with Gasteiger partial charge in [0, 0.05) is 21.5 Å². The van der Waals surface area contributed by atoms with Gasteiger partial charge in [0.1, 0.15) is 11.1 Å². The number of furan rings is 1. The maximum Gasteiger partial charge on any atom is 0.160 e. The summed E-state index contributed by atoms with van der Waals surface area (Å²) in [5.41, 5.74) is 4.30. The number of halogens is 1. The molecule has 0 unspecified atom stereocenters. The largest absolute Gasteiger partial charge is 0.454 e. The van der Waals surface area contributed by atoms with Gasteiger partial charge in [0.2, 0.25) is 0 Å². The fourth-order valence-corrected chi connectivity index (χ4v) is 4.08. The molecular weight excluding hydrogens is 373 g/mol. The lowest BCUT2D eigenvalue weighted by Gasteiger charge is -1.96. The molecule has 2 aromatic heterocycles. The molecule has 0 spiro atoms. The molecule has 21 heavy (non-hydrogen) atoms. The number of nitrogens with zero attached hydrogens (tertiary/aromatic N) is 1. The molecule has 0 aliphatic carbocycles. The third-order valence-corrected chi connectivity index (χ3v) is 5.12. The molecule has 0 aliphatic heterocycles. The Morgan fingerprint density at radius 1 is 0.714 bits per heavy atom. The van der Waals surface area contributed by atoms with Gasteiger partial charge in [-0.2, -0.15) is 0 Å². The molecule has 2 nitrogen and oxygen atoms in total. The molecule has 0 bridgehead atoms. The van der Waals surface area contributed by atoms with Gasteiger partial charge in [0.15, 0.2) is 5.58 Å². The molecule has 0 radical (unpaired) electrons. The SMILES string of the molecule is In1c2ccccc2c2ccc3c4ccccc4oc3c21. The van der Waals surface area contributed by atoms with Gasteiger partial charge in [0.25, 0.3) is 0 Å². The minimum Gasteiger partial charge on any atom is -0.454 e. The van der Waals surface area contributed by atoms with Crippen LogP contribution in [0.2, 0.25) is 0 Å². The van der Waals surface area contributed by atoms with Gasteiger partial charge >= 0.3 is 0 Å². The Kier molecular flexibility index (Phi) is 2.22. The van der Waals surface area contributed by atoms with Crippen molar-refractivity contribution < 1.29 is 4.42 Å². The first-order valence-electron chi connectivity index (χ1n) is 6.84. The van der Waals surface area contributed by atoms with E-state index < -0.39 is 0 Å². The van der Waals surface area contributed by atoms with Gasteiger partial charge in [-0.3, -0.25) is 2.78 Å². The fourth-order valence-electron chi connectivity index (χ4n) is 3.18. The zero-order chi connectivity index (χ0) is 14.0. The highest BCUT2D eigenvalue weighted by Crippen LogP contribution is 2.39. The zero-order valence-corrected chi connectivity index (χ0v) is 13.2. The molecule has 0 aliphatic rings. The summed E-state index contributed by atoms with van der Waals surface area (Å²) in [7, 11) is 0. The van der Waals surface area contributed by atoms with Gasteiger partial charge in [0.05, 0.1) is 28.4 Å². The Bertz CT molecular complexity index is 1150. The summed E-state index contributed by atoms with van der Waals surface area (Å²) in [5, 5.41) is 4.87. The van der Waals surface area contributed by atoms with Crippen LogP contribution in [-0.4, -0.2) is 2.78 Å². The number of hydrogen-bond acceptors (Lipinski definition) is 1. The van der Waals surface area contributed by atoms with Crippen molar-refractivity contribution in [3.05, 3.63) is 60.7 Å². The van der Waals surface area contributed by atoms with E-state index in [2.05, 4.69) is 74.2 Å².